The fourth-order valence-corrected chi connectivity index (χ4v) is 3.04. The first-order valence-corrected chi connectivity index (χ1v) is 8.46. The third kappa shape index (κ3) is 4.00. The molecule has 0 unspecified atom stereocenters. The summed E-state index contributed by atoms with van der Waals surface area (Å²) in [6, 6.07) is 24.5. The quantitative estimate of drug-likeness (QED) is 0.356. The second-order valence-electron chi connectivity index (χ2n) is 5.39. The van der Waals surface area contributed by atoms with E-state index in [4.69, 9.17) is 16.4 Å². The minimum Gasteiger partial charge on any atom is -0.398 e. The molecule has 0 aliphatic rings. The Morgan fingerprint density at radius 2 is 1.80 bits per heavy atom. The number of hydrogen-bond donors (Lipinski definition) is 3. The predicted molar refractivity (Wildman–Crippen MR) is 104 cm³/mol. The topological polar surface area (TPSA) is 85.7 Å². The number of nitriles is 1. The number of anilines is 2. The van der Waals surface area contributed by atoms with Gasteiger partial charge < -0.3 is 10.5 Å². The average molecular weight is 344 g/mol. The number of nitrogens with one attached hydrogen (secondary N) is 2. The van der Waals surface area contributed by atoms with Gasteiger partial charge in [-0.25, -0.2) is 0 Å². The number of nitrogens with zero attached hydrogens (tertiary/aromatic N) is 1. The van der Waals surface area contributed by atoms with Crippen LogP contribution in [0, 0.1) is 16.7 Å². The maximum Gasteiger partial charge on any atom is 0.0992 e. The molecule has 0 aromatic heterocycles. The Kier molecular flexibility index (Phi) is 5.03. The molecule has 0 fully saturated rings. The van der Waals surface area contributed by atoms with E-state index in [1.165, 1.54) is 11.9 Å². The van der Waals surface area contributed by atoms with Gasteiger partial charge in [-0.05, 0) is 48.3 Å². The number of benzene rings is 3. The molecule has 0 aliphatic heterocycles. The Bertz CT molecular complexity index is 945. The molecular weight excluding hydrogens is 328 g/mol. The average Bonchev–Trinajstić information content (AvgIpc) is 2.67. The van der Waals surface area contributed by atoms with Gasteiger partial charge >= 0.3 is 0 Å². The van der Waals surface area contributed by atoms with Gasteiger partial charge in [0, 0.05) is 27.4 Å². The molecule has 4 N–H and O–H groups in total. The first-order valence-electron chi connectivity index (χ1n) is 7.64. The maximum atomic E-state index is 8.97. The molecule has 25 heavy (non-hydrogen) atoms. The van der Waals surface area contributed by atoms with E-state index in [0.29, 0.717) is 22.5 Å². The van der Waals surface area contributed by atoms with E-state index >= 15 is 0 Å². The van der Waals surface area contributed by atoms with Gasteiger partial charge in [0.25, 0.3) is 0 Å². The van der Waals surface area contributed by atoms with Crippen molar-refractivity contribution in [3.05, 3.63) is 89.5 Å². The fraction of sp³-hybridized carbons (Fsp3) is 0. The molecule has 0 saturated heterocycles. The summed E-state index contributed by atoms with van der Waals surface area (Å²) >= 11 is 1.41. The lowest BCUT2D eigenvalue weighted by molar-refractivity contribution is 1.40. The van der Waals surface area contributed by atoms with Crippen molar-refractivity contribution in [1.29, 1.82) is 10.7 Å². The normalized spacial score (nSPS) is 10.0. The highest BCUT2D eigenvalue weighted by molar-refractivity contribution is 8.00. The molecule has 0 atom stereocenters. The third-order valence-electron chi connectivity index (χ3n) is 3.63. The zero-order chi connectivity index (χ0) is 17.6. The van der Waals surface area contributed by atoms with Crippen molar-refractivity contribution in [3.63, 3.8) is 0 Å². The number of hydrogen-bond acceptors (Lipinski definition) is 5. The Hall–Kier alpha value is -3.23. The monoisotopic (exact) mass is 344 g/mol. The molecule has 3 aromatic carbocycles. The van der Waals surface area contributed by atoms with Crippen molar-refractivity contribution in [2.75, 3.05) is 10.5 Å². The molecule has 0 bridgehead atoms. The lowest BCUT2D eigenvalue weighted by atomic mass is 10.0. The van der Waals surface area contributed by atoms with Gasteiger partial charge in [0.2, 0.25) is 0 Å². The Morgan fingerprint density at radius 3 is 2.56 bits per heavy atom. The number of rotatable bonds is 5. The molecule has 5 heteroatoms. The van der Waals surface area contributed by atoms with Crippen molar-refractivity contribution in [3.8, 4) is 6.07 Å². The van der Waals surface area contributed by atoms with Crippen LogP contribution >= 0.6 is 11.9 Å². The zero-order valence-corrected chi connectivity index (χ0v) is 14.2. The molecule has 0 spiro atoms. The molecular formula is C20H16N4S. The lowest BCUT2D eigenvalue weighted by Gasteiger charge is -2.11. The van der Waals surface area contributed by atoms with E-state index in [1.807, 2.05) is 60.7 Å². The minimum absolute atomic E-state index is 0.387. The SMILES string of the molecule is N#Cc1cccc(SNc2ccc(N)c(C(=N)c3ccccc3)c2)c1. The van der Waals surface area contributed by atoms with Gasteiger partial charge in [-0.2, -0.15) is 5.26 Å². The molecule has 0 saturated carbocycles. The Morgan fingerprint density at radius 1 is 1.00 bits per heavy atom. The van der Waals surface area contributed by atoms with Crippen LogP contribution in [0.25, 0.3) is 0 Å². The second kappa shape index (κ2) is 7.56. The minimum atomic E-state index is 0.387. The first kappa shape index (κ1) is 16.6. The summed E-state index contributed by atoms with van der Waals surface area (Å²) in [6.07, 6.45) is 0. The van der Waals surface area contributed by atoms with Gasteiger partial charge in [0.1, 0.15) is 0 Å². The molecule has 4 nitrogen and oxygen atoms in total. The number of nitrogen functional groups attached to an aromatic ring is 1. The Labute approximate surface area is 151 Å². The van der Waals surface area contributed by atoms with Gasteiger partial charge in [0.15, 0.2) is 0 Å². The summed E-state index contributed by atoms with van der Waals surface area (Å²) in [5.74, 6) is 0. The lowest BCUT2D eigenvalue weighted by Crippen LogP contribution is -2.06. The third-order valence-corrected chi connectivity index (χ3v) is 4.46. The standard InChI is InChI=1S/C20H16N4S/c21-13-14-5-4-8-17(11-14)25-24-16-9-10-19(22)18(12-16)20(23)15-6-2-1-3-7-15/h1-12,23-24H,22H2. The summed E-state index contributed by atoms with van der Waals surface area (Å²) in [4.78, 5) is 0.940. The molecule has 0 heterocycles. The van der Waals surface area contributed by atoms with Crippen LogP contribution in [-0.2, 0) is 0 Å². The summed E-state index contributed by atoms with van der Waals surface area (Å²) in [5.41, 5.74) is 9.98. The second-order valence-corrected chi connectivity index (χ2v) is 6.27. The zero-order valence-electron chi connectivity index (χ0n) is 13.4. The van der Waals surface area contributed by atoms with Gasteiger partial charge in [-0.1, -0.05) is 36.4 Å². The van der Waals surface area contributed by atoms with Gasteiger partial charge in [-0.15, -0.1) is 0 Å². The van der Waals surface area contributed by atoms with Gasteiger partial charge in [-0.3, -0.25) is 5.41 Å². The summed E-state index contributed by atoms with van der Waals surface area (Å²) in [6.45, 7) is 0. The van der Waals surface area contributed by atoms with E-state index in [2.05, 4.69) is 10.8 Å². The molecule has 0 aliphatic carbocycles. The van der Waals surface area contributed by atoms with Crippen LogP contribution < -0.4 is 10.5 Å². The largest absolute Gasteiger partial charge is 0.398 e. The van der Waals surface area contributed by atoms with Crippen LogP contribution in [-0.4, -0.2) is 5.71 Å². The van der Waals surface area contributed by atoms with E-state index < -0.39 is 0 Å². The van der Waals surface area contributed by atoms with E-state index in [0.717, 1.165) is 16.1 Å². The van der Waals surface area contributed by atoms with Crippen LogP contribution in [0.5, 0.6) is 0 Å². The highest BCUT2D eigenvalue weighted by atomic mass is 32.2. The maximum absolute atomic E-state index is 8.97. The smallest absolute Gasteiger partial charge is 0.0992 e. The van der Waals surface area contributed by atoms with Crippen LogP contribution in [0.1, 0.15) is 16.7 Å². The highest BCUT2D eigenvalue weighted by Crippen LogP contribution is 2.26. The van der Waals surface area contributed by atoms with Crippen molar-refractivity contribution in [2.24, 2.45) is 0 Å². The van der Waals surface area contributed by atoms with Crippen molar-refractivity contribution in [2.45, 2.75) is 4.90 Å². The summed E-state index contributed by atoms with van der Waals surface area (Å²) in [7, 11) is 0. The molecule has 0 amide bonds. The molecule has 3 aromatic rings. The van der Waals surface area contributed by atoms with E-state index in [1.54, 1.807) is 12.1 Å². The molecule has 0 radical (unpaired) electrons. The molecule has 3 rings (SSSR count). The van der Waals surface area contributed by atoms with Crippen LogP contribution in [0.15, 0.2) is 77.7 Å². The highest BCUT2D eigenvalue weighted by Gasteiger charge is 2.09. The van der Waals surface area contributed by atoms with Gasteiger partial charge in [0.05, 0.1) is 17.3 Å². The Balaban J connectivity index is 1.80. The molecule has 122 valence electrons. The van der Waals surface area contributed by atoms with Crippen molar-refractivity contribution in [1.82, 2.24) is 0 Å². The number of nitrogens with two attached hydrogens (primary N) is 1. The fourth-order valence-electron chi connectivity index (χ4n) is 2.34. The predicted octanol–water partition coefficient (Wildman–Crippen LogP) is 4.68. The summed E-state index contributed by atoms with van der Waals surface area (Å²) in [5, 5.41) is 17.4. The van der Waals surface area contributed by atoms with Crippen LogP contribution in [0.4, 0.5) is 11.4 Å². The van der Waals surface area contributed by atoms with Crippen LogP contribution in [0.2, 0.25) is 0 Å². The van der Waals surface area contributed by atoms with E-state index in [-0.39, 0.29) is 0 Å². The van der Waals surface area contributed by atoms with Crippen molar-refractivity contribution >= 4 is 29.0 Å². The van der Waals surface area contributed by atoms with Crippen LogP contribution in [0.3, 0.4) is 0 Å². The van der Waals surface area contributed by atoms with E-state index in [9.17, 15) is 0 Å². The summed E-state index contributed by atoms with van der Waals surface area (Å²) < 4.78 is 3.24. The first-order chi connectivity index (χ1) is 12.2. The van der Waals surface area contributed by atoms with Crippen molar-refractivity contribution < 1.29 is 0 Å².